The summed E-state index contributed by atoms with van der Waals surface area (Å²) in [6, 6.07) is 2.47. The maximum atomic E-state index is 4.34. The van der Waals surface area contributed by atoms with E-state index in [1.54, 1.807) is 6.33 Å². The van der Waals surface area contributed by atoms with Crippen LogP contribution >= 0.6 is 0 Å². The Hall–Kier alpha value is -1.82. The molecule has 0 amide bonds. The normalized spacial score (nSPS) is 18.7. The fourth-order valence-electron chi connectivity index (χ4n) is 2.38. The number of hydrogen-bond donors (Lipinski definition) is 3. The molecule has 0 radical (unpaired) electrons. The van der Waals surface area contributed by atoms with Crippen LogP contribution in [0.1, 0.15) is 17.1 Å². The van der Waals surface area contributed by atoms with Crippen molar-refractivity contribution in [3.8, 4) is 0 Å². The molecule has 0 aliphatic carbocycles. The molecule has 0 spiro atoms. The third-order valence-electron chi connectivity index (χ3n) is 3.35. The summed E-state index contributed by atoms with van der Waals surface area (Å²) in [7, 11) is 1.95. The molecule has 6 heteroatoms. The van der Waals surface area contributed by atoms with Gasteiger partial charge in [0.15, 0.2) is 0 Å². The molecule has 3 heterocycles. The molecule has 0 aromatic carbocycles. The van der Waals surface area contributed by atoms with Crippen LogP contribution in [0.4, 0.5) is 5.82 Å². The minimum atomic E-state index is 0.413. The van der Waals surface area contributed by atoms with E-state index >= 15 is 0 Å². The first-order valence-corrected chi connectivity index (χ1v) is 6.21. The van der Waals surface area contributed by atoms with Crippen LogP contribution in [0.15, 0.2) is 12.4 Å². The highest BCUT2D eigenvalue weighted by molar-refractivity contribution is 5.37. The van der Waals surface area contributed by atoms with Crippen molar-refractivity contribution in [1.82, 2.24) is 25.1 Å². The highest BCUT2D eigenvalue weighted by Crippen LogP contribution is 2.13. The summed E-state index contributed by atoms with van der Waals surface area (Å²) in [6.07, 6.45) is 2.73. The summed E-state index contributed by atoms with van der Waals surface area (Å²) in [5.74, 6) is 1.06. The molecule has 0 bridgehead atoms. The van der Waals surface area contributed by atoms with Crippen LogP contribution in [0.2, 0.25) is 0 Å². The smallest absolute Gasteiger partial charge is 0.124 e. The van der Waals surface area contributed by atoms with Gasteiger partial charge in [-0.25, -0.2) is 4.98 Å². The van der Waals surface area contributed by atoms with Gasteiger partial charge in [0.05, 0.1) is 23.4 Å². The summed E-state index contributed by atoms with van der Waals surface area (Å²) < 4.78 is 1.87. The maximum Gasteiger partial charge on any atom is 0.124 e. The van der Waals surface area contributed by atoms with Gasteiger partial charge in [0.1, 0.15) is 5.82 Å². The van der Waals surface area contributed by atoms with Crippen LogP contribution in [0.3, 0.4) is 0 Å². The summed E-state index contributed by atoms with van der Waals surface area (Å²) in [4.78, 5) is 7.50. The molecule has 2 aromatic heterocycles. The van der Waals surface area contributed by atoms with E-state index in [4.69, 9.17) is 0 Å². The first-order valence-electron chi connectivity index (χ1n) is 6.21. The number of aromatic amines is 1. The van der Waals surface area contributed by atoms with Crippen molar-refractivity contribution in [2.24, 2.45) is 7.05 Å². The molecule has 1 atom stereocenters. The van der Waals surface area contributed by atoms with Gasteiger partial charge in [-0.1, -0.05) is 0 Å². The number of rotatable bonds is 3. The van der Waals surface area contributed by atoms with Crippen molar-refractivity contribution in [3.63, 3.8) is 0 Å². The molecule has 1 aliphatic rings. The topological polar surface area (TPSA) is 70.6 Å². The summed E-state index contributed by atoms with van der Waals surface area (Å²) in [5.41, 5.74) is 3.43. The molecule has 0 fully saturated rings. The van der Waals surface area contributed by atoms with Crippen LogP contribution in [0.25, 0.3) is 0 Å². The largest absolute Gasteiger partial charge is 0.369 e. The third kappa shape index (κ3) is 2.11. The van der Waals surface area contributed by atoms with Crippen molar-refractivity contribution in [2.45, 2.75) is 25.9 Å². The Labute approximate surface area is 106 Å². The number of H-pyrrole nitrogens is 1. The Balaban J connectivity index is 1.60. The van der Waals surface area contributed by atoms with E-state index < -0.39 is 0 Å². The molecular weight excluding hydrogens is 228 g/mol. The average molecular weight is 246 g/mol. The van der Waals surface area contributed by atoms with E-state index in [9.17, 15) is 0 Å². The molecule has 3 N–H and O–H groups in total. The second-order valence-electron chi connectivity index (χ2n) is 4.79. The predicted molar refractivity (Wildman–Crippen MR) is 69.4 cm³/mol. The van der Waals surface area contributed by atoms with Gasteiger partial charge in [-0.3, -0.25) is 4.68 Å². The molecule has 0 saturated heterocycles. The molecule has 0 saturated carbocycles. The lowest BCUT2D eigenvalue weighted by atomic mass is 10.1. The number of aryl methyl sites for hydroxylation is 2. The number of imidazole rings is 1. The predicted octanol–water partition coefficient (Wildman–Crippen LogP) is 0.578. The zero-order valence-corrected chi connectivity index (χ0v) is 10.7. The van der Waals surface area contributed by atoms with E-state index in [1.807, 2.05) is 18.7 Å². The van der Waals surface area contributed by atoms with E-state index in [1.165, 1.54) is 11.4 Å². The van der Waals surface area contributed by atoms with Crippen LogP contribution in [0.5, 0.6) is 0 Å². The van der Waals surface area contributed by atoms with E-state index in [2.05, 4.69) is 31.8 Å². The number of nitrogens with one attached hydrogen (secondary N) is 3. The van der Waals surface area contributed by atoms with Gasteiger partial charge in [0, 0.05) is 38.7 Å². The summed E-state index contributed by atoms with van der Waals surface area (Å²) in [5, 5.41) is 11.2. The fraction of sp³-hybridized carbons (Fsp3) is 0.500. The van der Waals surface area contributed by atoms with Gasteiger partial charge in [-0.2, -0.15) is 5.10 Å². The Morgan fingerprint density at radius 1 is 1.56 bits per heavy atom. The Kier molecular flexibility index (Phi) is 2.79. The Morgan fingerprint density at radius 3 is 3.22 bits per heavy atom. The highest BCUT2D eigenvalue weighted by Gasteiger charge is 2.19. The molecular formula is C12H18N6. The number of anilines is 1. The molecule has 1 unspecified atom stereocenters. The van der Waals surface area contributed by atoms with Crippen LogP contribution < -0.4 is 10.6 Å². The minimum absolute atomic E-state index is 0.413. The van der Waals surface area contributed by atoms with Gasteiger partial charge in [-0.15, -0.1) is 0 Å². The van der Waals surface area contributed by atoms with Crippen molar-refractivity contribution in [2.75, 3.05) is 11.9 Å². The lowest BCUT2D eigenvalue weighted by Crippen LogP contribution is -2.40. The van der Waals surface area contributed by atoms with Crippen molar-refractivity contribution >= 4 is 5.82 Å². The van der Waals surface area contributed by atoms with Crippen molar-refractivity contribution < 1.29 is 0 Å². The van der Waals surface area contributed by atoms with E-state index in [-0.39, 0.29) is 0 Å². The molecule has 6 nitrogen and oxygen atoms in total. The second kappa shape index (κ2) is 4.45. The minimum Gasteiger partial charge on any atom is -0.369 e. The van der Waals surface area contributed by atoms with E-state index in [0.717, 1.165) is 31.0 Å². The van der Waals surface area contributed by atoms with Gasteiger partial charge < -0.3 is 15.6 Å². The zero-order valence-electron chi connectivity index (χ0n) is 10.7. The Bertz CT molecular complexity index is 541. The van der Waals surface area contributed by atoms with Crippen LogP contribution in [-0.4, -0.2) is 32.3 Å². The molecule has 3 rings (SSSR count). The van der Waals surface area contributed by atoms with Crippen molar-refractivity contribution in [3.05, 3.63) is 29.5 Å². The molecule has 1 aliphatic heterocycles. The van der Waals surface area contributed by atoms with Gasteiger partial charge >= 0.3 is 0 Å². The monoisotopic (exact) mass is 246 g/mol. The van der Waals surface area contributed by atoms with E-state index in [0.29, 0.717) is 6.04 Å². The molecule has 2 aromatic rings. The fourth-order valence-corrected chi connectivity index (χ4v) is 2.38. The number of nitrogens with zero attached hydrogens (tertiary/aromatic N) is 3. The molecule has 96 valence electrons. The quantitative estimate of drug-likeness (QED) is 0.741. The number of hydrogen-bond acceptors (Lipinski definition) is 4. The maximum absolute atomic E-state index is 4.34. The van der Waals surface area contributed by atoms with Crippen molar-refractivity contribution in [1.29, 1.82) is 0 Å². The van der Waals surface area contributed by atoms with Gasteiger partial charge in [-0.05, 0) is 6.92 Å². The third-order valence-corrected chi connectivity index (χ3v) is 3.35. The SMILES string of the molecule is Cc1cc(NCC2Cc3nc[nH]c3CN2)n(C)n1. The molecule has 18 heavy (non-hydrogen) atoms. The van der Waals surface area contributed by atoms with Gasteiger partial charge in [0.2, 0.25) is 0 Å². The lowest BCUT2D eigenvalue weighted by molar-refractivity contribution is 0.486. The Morgan fingerprint density at radius 2 is 2.44 bits per heavy atom. The van der Waals surface area contributed by atoms with Crippen LogP contribution in [0, 0.1) is 6.92 Å². The zero-order chi connectivity index (χ0) is 12.5. The summed E-state index contributed by atoms with van der Waals surface area (Å²) >= 11 is 0. The van der Waals surface area contributed by atoms with Crippen LogP contribution in [-0.2, 0) is 20.0 Å². The average Bonchev–Trinajstić information content (AvgIpc) is 2.92. The first-order chi connectivity index (χ1) is 8.72. The summed E-state index contributed by atoms with van der Waals surface area (Å²) in [6.45, 7) is 3.75. The highest BCUT2D eigenvalue weighted by atomic mass is 15.3. The standard InChI is InChI=1S/C12H18N6/c1-8-3-12(18(2)17-8)14-5-9-4-10-11(6-13-9)16-7-15-10/h3,7,9,13-14H,4-6H2,1-2H3,(H,15,16). The second-order valence-corrected chi connectivity index (χ2v) is 4.79. The lowest BCUT2D eigenvalue weighted by Gasteiger charge is -2.23. The number of fused-ring (bicyclic) bond motifs is 1. The van der Waals surface area contributed by atoms with Gasteiger partial charge in [0.25, 0.3) is 0 Å². The number of aromatic nitrogens is 4. The first kappa shape index (κ1) is 11.3.